The van der Waals surface area contributed by atoms with Crippen molar-refractivity contribution in [1.29, 1.82) is 0 Å². The van der Waals surface area contributed by atoms with Crippen molar-refractivity contribution in [1.82, 2.24) is 14.2 Å². The Morgan fingerprint density at radius 1 is 1.13 bits per heavy atom. The van der Waals surface area contributed by atoms with Crippen LogP contribution in [-0.4, -0.2) is 26.3 Å². The van der Waals surface area contributed by atoms with Crippen molar-refractivity contribution in [2.24, 2.45) is 5.10 Å². The summed E-state index contributed by atoms with van der Waals surface area (Å²) in [6.45, 7) is 6.16. The Hall–Kier alpha value is -3.75. The number of carbonyl (C=O) groups excluding carboxylic acids is 1. The third kappa shape index (κ3) is 5.40. The first kappa shape index (κ1) is 26.8. The molecule has 0 aliphatic rings. The zero-order chi connectivity index (χ0) is 27.7. The predicted molar refractivity (Wildman–Crippen MR) is 162 cm³/mol. The van der Waals surface area contributed by atoms with E-state index in [1.54, 1.807) is 36.5 Å². The van der Waals surface area contributed by atoms with Crippen molar-refractivity contribution in [3.8, 4) is 0 Å². The summed E-state index contributed by atoms with van der Waals surface area (Å²) in [5.41, 5.74) is 3.69. The van der Waals surface area contributed by atoms with Crippen molar-refractivity contribution in [2.75, 3.05) is 5.32 Å². The van der Waals surface area contributed by atoms with Gasteiger partial charge in [-0.15, -0.1) is 0 Å². The summed E-state index contributed by atoms with van der Waals surface area (Å²) in [7, 11) is 0. The monoisotopic (exact) mass is 603 g/mol. The van der Waals surface area contributed by atoms with E-state index in [0.717, 1.165) is 33.1 Å². The molecule has 0 saturated carbocycles. The summed E-state index contributed by atoms with van der Waals surface area (Å²) in [5, 5.41) is 9.64. The molecule has 0 unspecified atom stereocenters. The number of amides is 1. The minimum atomic E-state index is -0.225. The van der Waals surface area contributed by atoms with Crippen molar-refractivity contribution in [2.45, 2.75) is 39.7 Å². The van der Waals surface area contributed by atoms with Gasteiger partial charge < -0.3 is 9.88 Å². The lowest BCUT2D eigenvalue weighted by molar-refractivity contribution is -0.116. The van der Waals surface area contributed by atoms with Gasteiger partial charge in [-0.3, -0.25) is 9.59 Å². The minimum Gasteiger partial charge on any atom is -0.335 e. The first-order valence-corrected chi connectivity index (χ1v) is 13.8. The average molecular weight is 605 g/mol. The highest BCUT2D eigenvalue weighted by atomic mass is 79.9. The van der Waals surface area contributed by atoms with Crippen LogP contribution in [0.5, 0.6) is 0 Å². The number of benzene rings is 3. The molecule has 0 radical (unpaired) electrons. The molecule has 2 aromatic heterocycles. The molecule has 198 valence electrons. The van der Waals surface area contributed by atoms with E-state index in [4.69, 9.17) is 16.6 Å². The van der Waals surface area contributed by atoms with Gasteiger partial charge in [0.25, 0.3) is 5.56 Å². The van der Waals surface area contributed by atoms with Crippen LogP contribution in [-0.2, 0) is 11.3 Å². The van der Waals surface area contributed by atoms with Crippen molar-refractivity contribution in [3.63, 3.8) is 0 Å². The predicted octanol–water partition coefficient (Wildman–Crippen LogP) is 7.11. The summed E-state index contributed by atoms with van der Waals surface area (Å²) in [6, 6.07) is 20.3. The molecule has 0 fully saturated rings. The minimum absolute atomic E-state index is 0.0295. The van der Waals surface area contributed by atoms with Gasteiger partial charge in [-0.2, -0.15) is 9.78 Å². The van der Waals surface area contributed by atoms with Crippen LogP contribution in [0.1, 0.15) is 43.3 Å². The fourth-order valence-electron chi connectivity index (χ4n) is 4.60. The topological polar surface area (TPSA) is 81.3 Å². The van der Waals surface area contributed by atoms with Crippen LogP contribution >= 0.6 is 27.5 Å². The summed E-state index contributed by atoms with van der Waals surface area (Å²) >= 11 is 9.42. The molecule has 1 N–H and O–H groups in total. The Labute approximate surface area is 239 Å². The molecular weight excluding hydrogens is 578 g/mol. The molecule has 1 amide bonds. The van der Waals surface area contributed by atoms with Crippen LogP contribution in [0.15, 0.2) is 81.1 Å². The van der Waals surface area contributed by atoms with E-state index >= 15 is 0 Å². The van der Waals surface area contributed by atoms with Gasteiger partial charge >= 0.3 is 0 Å². The molecule has 9 heteroatoms. The number of anilines is 1. The number of rotatable bonds is 7. The molecule has 39 heavy (non-hydrogen) atoms. The first-order valence-electron chi connectivity index (χ1n) is 12.7. The molecule has 0 saturated heterocycles. The maximum absolute atomic E-state index is 13.6. The molecule has 2 heterocycles. The zero-order valence-electron chi connectivity index (χ0n) is 21.8. The third-order valence-electron chi connectivity index (χ3n) is 6.90. The Kier molecular flexibility index (Phi) is 7.68. The highest BCUT2D eigenvalue weighted by molar-refractivity contribution is 9.10. The van der Waals surface area contributed by atoms with Crippen LogP contribution < -0.4 is 10.9 Å². The number of hydrogen-bond acceptors (Lipinski definition) is 4. The van der Waals surface area contributed by atoms with Crippen LogP contribution in [0.2, 0.25) is 5.02 Å². The maximum atomic E-state index is 13.6. The molecule has 1 atom stereocenters. The number of fused-ring (bicyclic) bond motifs is 2. The molecule has 5 rings (SSSR count). The second-order valence-electron chi connectivity index (χ2n) is 9.46. The highest BCUT2D eigenvalue weighted by Crippen LogP contribution is 2.26. The molecule has 5 aromatic rings. The third-order valence-corrected chi connectivity index (χ3v) is 7.64. The zero-order valence-corrected chi connectivity index (χ0v) is 24.1. The maximum Gasteiger partial charge on any atom is 0.282 e. The number of nitrogens with one attached hydrogen (secondary N) is 1. The van der Waals surface area contributed by atoms with E-state index in [2.05, 4.69) is 33.3 Å². The Morgan fingerprint density at radius 2 is 1.87 bits per heavy atom. The lowest BCUT2D eigenvalue weighted by Crippen LogP contribution is -2.23. The molecule has 0 spiro atoms. The van der Waals surface area contributed by atoms with Gasteiger partial charge in [0, 0.05) is 43.3 Å². The van der Waals surface area contributed by atoms with Crippen molar-refractivity contribution in [3.05, 3.63) is 104 Å². The van der Waals surface area contributed by atoms with Gasteiger partial charge in [-0.1, -0.05) is 59.6 Å². The SMILES string of the molecule is CC[C@@H](C)c1nc2ccc(Br)cc2c(=O)n1N=Cc1c(C)n(CC(=O)Nc2ccc(Cl)cc2)c2ccccc12. The number of aromatic nitrogens is 3. The molecule has 0 bridgehead atoms. The first-order chi connectivity index (χ1) is 18.8. The molecule has 7 nitrogen and oxygen atoms in total. The van der Waals surface area contributed by atoms with Gasteiger partial charge in [0.05, 0.1) is 17.1 Å². The Balaban J connectivity index is 1.56. The van der Waals surface area contributed by atoms with Crippen LogP contribution in [0.3, 0.4) is 0 Å². The fourth-order valence-corrected chi connectivity index (χ4v) is 5.08. The number of para-hydroxylation sites is 1. The molecule has 0 aliphatic carbocycles. The van der Waals surface area contributed by atoms with E-state index in [-0.39, 0.29) is 23.9 Å². The summed E-state index contributed by atoms with van der Waals surface area (Å²) in [6.07, 6.45) is 2.51. The van der Waals surface area contributed by atoms with Gasteiger partial charge in [0.15, 0.2) is 0 Å². The summed E-state index contributed by atoms with van der Waals surface area (Å²) < 4.78 is 4.16. The Bertz CT molecular complexity index is 1790. The second kappa shape index (κ2) is 11.2. The highest BCUT2D eigenvalue weighted by Gasteiger charge is 2.18. The number of halogens is 2. The van der Waals surface area contributed by atoms with Gasteiger partial charge in [0.2, 0.25) is 5.91 Å². The lowest BCUT2D eigenvalue weighted by Gasteiger charge is -2.14. The normalized spacial score (nSPS) is 12.4. The van der Waals surface area contributed by atoms with Crippen LogP contribution in [0.25, 0.3) is 21.8 Å². The van der Waals surface area contributed by atoms with E-state index < -0.39 is 0 Å². The quantitative estimate of drug-likeness (QED) is 0.201. The molecule has 3 aromatic carbocycles. The second-order valence-corrected chi connectivity index (χ2v) is 10.8. The van der Waals surface area contributed by atoms with Crippen LogP contribution in [0, 0.1) is 6.92 Å². The van der Waals surface area contributed by atoms with Crippen molar-refractivity contribution >= 4 is 67.1 Å². The Morgan fingerprint density at radius 3 is 2.62 bits per heavy atom. The van der Waals surface area contributed by atoms with E-state index in [0.29, 0.717) is 27.4 Å². The standard InChI is InChI=1S/C30H27BrClN5O2/c1-4-18(2)29-35-26-14-9-20(31)15-24(26)30(39)37(29)33-16-25-19(3)36(27-8-6-5-7-23(25)27)17-28(38)34-22-12-10-21(32)11-13-22/h5-16,18H,4,17H2,1-3H3,(H,34,38)/t18-/m1/s1. The van der Waals surface area contributed by atoms with E-state index in [1.807, 2.05) is 54.8 Å². The number of nitrogens with zero attached hydrogens (tertiary/aromatic N) is 4. The van der Waals surface area contributed by atoms with E-state index in [1.165, 1.54) is 4.68 Å². The fraction of sp³-hybridized carbons (Fsp3) is 0.200. The summed E-state index contributed by atoms with van der Waals surface area (Å²) in [4.78, 5) is 31.3. The largest absolute Gasteiger partial charge is 0.335 e. The van der Waals surface area contributed by atoms with Gasteiger partial charge in [-0.05, 0) is 61.9 Å². The van der Waals surface area contributed by atoms with E-state index in [9.17, 15) is 9.59 Å². The molecular formula is C30H27BrClN5O2. The van der Waals surface area contributed by atoms with Gasteiger partial charge in [0.1, 0.15) is 12.4 Å². The number of carbonyl (C=O) groups is 1. The smallest absolute Gasteiger partial charge is 0.282 e. The summed E-state index contributed by atoms with van der Waals surface area (Å²) in [5.74, 6) is 0.475. The van der Waals surface area contributed by atoms with Crippen molar-refractivity contribution < 1.29 is 4.79 Å². The average Bonchev–Trinajstić information content (AvgIpc) is 3.19. The molecule has 0 aliphatic heterocycles. The number of hydrogen-bond donors (Lipinski definition) is 1. The van der Waals surface area contributed by atoms with Crippen LogP contribution in [0.4, 0.5) is 5.69 Å². The van der Waals surface area contributed by atoms with Gasteiger partial charge in [-0.25, -0.2) is 4.98 Å². The lowest BCUT2D eigenvalue weighted by atomic mass is 10.1.